The molecule has 1 aromatic rings. The summed E-state index contributed by atoms with van der Waals surface area (Å²) in [6.07, 6.45) is 1.49. The van der Waals surface area contributed by atoms with Crippen LogP contribution in [0.15, 0.2) is 29.3 Å². The molecule has 0 aliphatic rings. The van der Waals surface area contributed by atoms with Crippen LogP contribution in [0.1, 0.15) is 24.2 Å². The fourth-order valence-corrected chi connectivity index (χ4v) is 1.97. The number of primary amides is 2. The summed E-state index contributed by atoms with van der Waals surface area (Å²) in [5.74, 6) is -1.10. The van der Waals surface area contributed by atoms with Gasteiger partial charge in [0.15, 0.2) is 0 Å². The van der Waals surface area contributed by atoms with Gasteiger partial charge in [-0.3, -0.25) is 9.59 Å². The Balaban J connectivity index is 3.13. The van der Waals surface area contributed by atoms with Crippen LogP contribution in [0.5, 0.6) is 0 Å². The van der Waals surface area contributed by atoms with Crippen molar-refractivity contribution in [1.29, 1.82) is 5.41 Å². The van der Waals surface area contributed by atoms with Gasteiger partial charge in [0.25, 0.3) is 5.91 Å². The van der Waals surface area contributed by atoms with Crippen LogP contribution in [0, 0.1) is 5.41 Å². The zero-order valence-electron chi connectivity index (χ0n) is 12.3. The zero-order valence-corrected chi connectivity index (χ0v) is 13.2. The lowest BCUT2D eigenvalue weighted by Crippen LogP contribution is -2.32. The Morgan fingerprint density at radius 3 is 2.50 bits per heavy atom. The molecule has 8 heteroatoms. The van der Waals surface area contributed by atoms with Crippen LogP contribution < -0.4 is 22.1 Å². The van der Waals surface area contributed by atoms with Gasteiger partial charge >= 0.3 is 0 Å². The Labute approximate surface area is 134 Å². The first-order valence-corrected chi connectivity index (χ1v) is 6.88. The summed E-state index contributed by atoms with van der Waals surface area (Å²) in [4.78, 5) is 22.6. The van der Waals surface area contributed by atoms with Gasteiger partial charge in [-0.15, -0.1) is 12.6 Å². The highest BCUT2D eigenvalue weighted by Crippen LogP contribution is 2.23. The second-order valence-corrected chi connectivity index (χ2v) is 5.21. The standard InChI is InChI=1S/C14H19N5O2S/c1-7(15)5-12(22)19-11-6-9(18-8(2)13(16)20)3-4-10(11)14(17)21/h3-6,8,15,18-19,22H,1-2H3,(H2,16,20)(H2,17,21)/b12-5-,15-7?/t8-/m1/s1. The van der Waals surface area contributed by atoms with Gasteiger partial charge in [-0.1, -0.05) is 0 Å². The third-order valence-corrected chi connectivity index (χ3v) is 2.95. The molecule has 0 bridgehead atoms. The second-order valence-electron chi connectivity index (χ2n) is 4.73. The third kappa shape index (κ3) is 5.13. The lowest BCUT2D eigenvalue weighted by molar-refractivity contribution is -0.118. The van der Waals surface area contributed by atoms with Crippen molar-refractivity contribution in [2.24, 2.45) is 11.5 Å². The van der Waals surface area contributed by atoms with E-state index in [0.29, 0.717) is 22.1 Å². The molecule has 118 valence electrons. The van der Waals surface area contributed by atoms with Crippen molar-refractivity contribution in [1.82, 2.24) is 0 Å². The molecule has 22 heavy (non-hydrogen) atoms. The molecule has 7 N–H and O–H groups in total. The van der Waals surface area contributed by atoms with Crippen molar-refractivity contribution in [2.75, 3.05) is 10.6 Å². The summed E-state index contributed by atoms with van der Waals surface area (Å²) in [5.41, 5.74) is 12.1. The number of carbonyl (C=O) groups excluding carboxylic acids is 2. The lowest BCUT2D eigenvalue weighted by Gasteiger charge is -2.15. The van der Waals surface area contributed by atoms with E-state index in [1.807, 2.05) is 0 Å². The number of hydrogen-bond donors (Lipinski definition) is 6. The molecule has 0 aliphatic heterocycles. The molecule has 7 nitrogen and oxygen atoms in total. The summed E-state index contributed by atoms with van der Waals surface area (Å²) < 4.78 is 0. The topological polar surface area (TPSA) is 134 Å². The fraction of sp³-hybridized carbons (Fsp3) is 0.214. The van der Waals surface area contributed by atoms with Crippen molar-refractivity contribution < 1.29 is 9.59 Å². The zero-order chi connectivity index (χ0) is 16.9. The van der Waals surface area contributed by atoms with Gasteiger partial charge in [-0.05, 0) is 38.1 Å². The van der Waals surface area contributed by atoms with Crippen molar-refractivity contribution in [3.63, 3.8) is 0 Å². The van der Waals surface area contributed by atoms with E-state index in [1.54, 1.807) is 26.0 Å². The van der Waals surface area contributed by atoms with Crippen molar-refractivity contribution in [2.45, 2.75) is 19.9 Å². The summed E-state index contributed by atoms with van der Waals surface area (Å²) in [5, 5.41) is 13.6. The molecule has 0 heterocycles. The maximum Gasteiger partial charge on any atom is 0.250 e. The van der Waals surface area contributed by atoms with E-state index in [-0.39, 0.29) is 5.56 Å². The molecule has 0 spiro atoms. The number of hydrogen-bond acceptors (Lipinski definition) is 6. The van der Waals surface area contributed by atoms with E-state index in [9.17, 15) is 9.59 Å². The number of benzene rings is 1. The molecule has 0 unspecified atom stereocenters. The maximum atomic E-state index is 11.5. The summed E-state index contributed by atoms with van der Waals surface area (Å²) in [7, 11) is 0. The normalized spacial score (nSPS) is 12.4. The predicted molar refractivity (Wildman–Crippen MR) is 91.3 cm³/mol. The highest BCUT2D eigenvalue weighted by molar-refractivity contribution is 7.84. The van der Waals surface area contributed by atoms with Crippen molar-refractivity contribution in [3.8, 4) is 0 Å². The van der Waals surface area contributed by atoms with E-state index in [1.165, 1.54) is 12.1 Å². The molecule has 0 aliphatic carbocycles. The number of rotatable bonds is 7. The molecule has 1 aromatic carbocycles. The minimum absolute atomic E-state index is 0.264. The minimum Gasteiger partial charge on any atom is -0.374 e. The Morgan fingerprint density at radius 1 is 1.36 bits per heavy atom. The number of nitrogens with one attached hydrogen (secondary N) is 3. The number of anilines is 2. The molecule has 2 amide bonds. The predicted octanol–water partition coefficient (Wildman–Crippen LogP) is 1.29. The van der Waals surface area contributed by atoms with Crippen LogP contribution in [-0.2, 0) is 4.79 Å². The summed E-state index contributed by atoms with van der Waals surface area (Å²) in [6.45, 7) is 3.22. The van der Waals surface area contributed by atoms with Gasteiger partial charge in [-0.25, -0.2) is 0 Å². The Kier molecular flexibility index (Phi) is 6.00. The van der Waals surface area contributed by atoms with Crippen LogP contribution in [0.2, 0.25) is 0 Å². The van der Waals surface area contributed by atoms with Crippen molar-refractivity contribution >= 4 is 41.5 Å². The Hall–Kier alpha value is -2.48. The van der Waals surface area contributed by atoms with Gasteiger partial charge in [0.05, 0.1) is 16.3 Å². The smallest absolute Gasteiger partial charge is 0.250 e. The average molecular weight is 321 g/mol. The van der Waals surface area contributed by atoms with Gasteiger partial charge < -0.3 is 27.5 Å². The summed E-state index contributed by atoms with van der Waals surface area (Å²) >= 11 is 4.20. The van der Waals surface area contributed by atoms with Crippen LogP contribution in [0.4, 0.5) is 11.4 Å². The molecule has 0 aromatic heterocycles. The molecule has 1 atom stereocenters. The van der Waals surface area contributed by atoms with Crippen LogP contribution in [0.25, 0.3) is 0 Å². The first-order valence-electron chi connectivity index (χ1n) is 6.43. The number of amides is 2. The molecule has 0 saturated carbocycles. The van der Waals surface area contributed by atoms with E-state index >= 15 is 0 Å². The monoisotopic (exact) mass is 321 g/mol. The lowest BCUT2D eigenvalue weighted by atomic mass is 10.1. The van der Waals surface area contributed by atoms with Crippen molar-refractivity contribution in [3.05, 3.63) is 34.9 Å². The quantitative estimate of drug-likeness (QED) is 0.333. The maximum absolute atomic E-state index is 11.5. The van der Waals surface area contributed by atoms with Crippen LogP contribution >= 0.6 is 12.6 Å². The molecule has 0 fully saturated rings. The van der Waals surface area contributed by atoms with E-state index in [2.05, 4.69) is 23.3 Å². The average Bonchev–Trinajstić information content (AvgIpc) is 2.37. The third-order valence-electron chi connectivity index (χ3n) is 2.71. The Bertz CT molecular complexity index is 642. The minimum atomic E-state index is -0.607. The highest BCUT2D eigenvalue weighted by Gasteiger charge is 2.12. The van der Waals surface area contributed by atoms with E-state index in [0.717, 1.165) is 0 Å². The first kappa shape index (κ1) is 17.6. The second kappa shape index (κ2) is 7.51. The molecule has 0 radical (unpaired) electrons. The highest BCUT2D eigenvalue weighted by atomic mass is 32.1. The van der Waals surface area contributed by atoms with Gasteiger partial charge in [0.2, 0.25) is 5.91 Å². The van der Waals surface area contributed by atoms with Gasteiger partial charge in [-0.2, -0.15) is 0 Å². The van der Waals surface area contributed by atoms with E-state index in [4.69, 9.17) is 16.9 Å². The van der Waals surface area contributed by atoms with E-state index < -0.39 is 17.9 Å². The summed E-state index contributed by atoms with van der Waals surface area (Å²) in [6, 6.07) is 4.19. The van der Waals surface area contributed by atoms with Crippen LogP contribution in [-0.4, -0.2) is 23.6 Å². The molecule has 0 saturated heterocycles. The number of nitrogens with two attached hydrogens (primary N) is 2. The SMILES string of the molecule is CC(=N)/C=C(\S)Nc1cc(N[C@H](C)C(N)=O)ccc1C(N)=O. The number of thiol groups is 1. The number of allylic oxidation sites excluding steroid dienone is 1. The molecular weight excluding hydrogens is 302 g/mol. The van der Waals surface area contributed by atoms with Crippen LogP contribution in [0.3, 0.4) is 0 Å². The molecular formula is C14H19N5O2S. The van der Waals surface area contributed by atoms with Gasteiger partial charge in [0, 0.05) is 11.4 Å². The fourth-order valence-electron chi connectivity index (χ4n) is 1.65. The largest absolute Gasteiger partial charge is 0.374 e. The van der Waals surface area contributed by atoms with Gasteiger partial charge in [0.1, 0.15) is 6.04 Å². The molecule has 1 rings (SSSR count). The number of carbonyl (C=O) groups is 2. The Morgan fingerprint density at radius 2 is 2.00 bits per heavy atom. The first-order chi connectivity index (χ1) is 10.2.